The molecule has 2 aliphatic heterocycles. The zero-order valence-electron chi connectivity index (χ0n) is 17.6. The molecule has 0 aliphatic carbocycles. The largest absolute Gasteiger partial charge is 0.364 e. The van der Waals surface area contributed by atoms with Crippen LogP contribution in [0, 0.1) is 5.92 Å². The van der Waals surface area contributed by atoms with Gasteiger partial charge in [0, 0.05) is 45.8 Å². The normalized spacial score (nSPS) is 20.9. The van der Waals surface area contributed by atoms with Crippen molar-refractivity contribution in [3.8, 4) is 0 Å². The number of aliphatic imine (C=N–C) groups is 1. The van der Waals surface area contributed by atoms with Crippen LogP contribution in [0.3, 0.4) is 0 Å². The maximum atomic E-state index is 12.6. The van der Waals surface area contributed by atoms with Crippen molar-refractivity contribution in [2.75, 3.05) is 59.4 Å². The van der Waals surface area contributed by atoms with Crippen molar-refractivity contribution in [3.05, 3.63) is 18.0 Å². The van der Waals surface area contributed by atoms with Crippen LogP contribution in [-0.4, -0.2) is 93.0 Å². The summed E-state index contributed by atoms with van der Waals surface area (Å²) in [5, 5.41) is 7.14. The fraction of sp³-hybridized carbons (Fsp3) is 0.789. The average Bonchev–Trinajstić information content (AvgIpc) is 3.22. The van der Waals surface area contributed by atoms with Gasteiger partial charge >= 0.3 is 0 Å². The number of piperidine rings is 1. The van der Waals surface area contributed by atoms with Crippen molar-refractivity contribution >= 4 is 16.0 Å². The number of likely N-dealkylation sites (tertiary alicyclic amines) is 1. The maximum Gasteiger partial charge on any atom is 0.220 e. The highest BCUT2D eigenvalue weighted by atomic mass is 32.2. The third kappa shape index (κ3) is 6.42. The van der Waals surface area contributed by atoms with Gasteiger partial charge < -0.3 is 19.6 Å². The molecule has 10 heteroatoms. The third-order valence-electron chi connectivity index (χ3n) is 5.78. The Morgan fingerprint density at radius 3 is 2.59 bits per heavy atom. The van der Waals surface area contributed by atoms with Crippen molar-refractivity contribution in [1.82, 2.24) is 24.6 Å². The summed E-state index contributed by atoms with van der Waals surface area (Å²) in [6.07, 6.45) is 5.08. The number of sulfonamides is 1. The minimum atomic E-state index is -3.38. The fourth-order valence-electron chi connectivity index (χ4n) is 3.89. The van der Waals surface area contributed by atoms with Crippen molar-refractivity contribution < 1.29 is 12.9 Å². The van der Waals surface area contributed by atoms with E-state index in [4.69, 9.17) is 4.52 Å². The molecular formula is C19H34N6O3S. The molecule has 0 radical (unpaired) electrons. The first kappa shape index (κ1) is 22.0. The molecule has 1 N–H and O–H groups in total. The lowest BCUT2D eigenvalue weighted by Crippen LogP contribution is -2.54. The Morgan fingerprint density at radius 1 is 1.24 bits per heavy atom. The van der Waals surface area contributed by atoms with Gasteiger partial charge in [-0.05, 0) is 44.8 Å². The van der Waals surface area contributed by atoms with Crippen LogP contribution in [-0.2, 0) is 15.8 Å². The van der Waals surface area contributed by atoms with Gasteiger partial charge in [0.25, 0.3) is 0 Å². The van der Waals surface area contributed by atoms with Crippen molar-refractivity contribution in [2.24, 2.45) is 10.9 Å². The van der Waals surface area contributed by atoms with Gasteiger partial charge in [-0.25, -0.2) is 8.42 Å². The summed E-state index contributed by atoms with van der Waals surface area (Å²) < 4.78 is 31.4. The van der Waals surface area contributed by atoms with Gasteiger partial charge in [-0.1, -0.05) is 12.1 Å². The summed E-state index contributed by atoms with van der Waals surface area (Å²) in [5.74, 6) is 1.60. The Balaban J connectivity index is 1.38. The van der Waals surface area contributed by atoms with Crippen molar-refractivity contribution in [3.63, 3.8) is 0 Å². The van der Waals surface area contributed by atoms with Gasteiger partial charge in [0.2, 0.25) is 10.0 Å². The Labute approximate surface area is 174 Å². The van der Waals surface area contributed by atoms with E-state index in [1.165, 1.54) is 36.5 Å². The highest BCUT2D eigenvalue weighted by Gasteiger charge is 2.29. The van der Waals surface area contributed by atoms with Crippen LogP contribution in [0.15, 0.2) is 21.8 Å². The first-order valence-electron chi connectivity index (χ1n) is 10.5. The summed E-state index contributed by atoms with van der Waals surface area (Å²) in [7, 11) is -1.60. The highest BCUT2D eigenvalue weighted by molar-refractivity contribution is 7.88. The summed E-state index contributed by atoms with van der Waals surface area (Å²) >= 11 is 0. The van der Waals surface area contributed by atoms with Gasteiger partial charge in [0.15, 0.2) is 5.96 Å². The standard InChI is InChI=1S/C19H34N6O3S/c1-17-4-9-23(10-5-17)8-3-7-21-19(20-2)24-11-13-25(14-12-24)29(26,27)16-18-6-15-28-22-18/h6,15,17H,3-5,7-14,16H2,1-2H3,(H,20,21). The molecule has 0 bridgehead atoms. The fourth-order valence-corrected chi connectivity index (χ4v) is 5.31. The van der Waals surface area contributed by atoms with Crippen LogP contribution in [0.25, 0.3) is 0 Å². The number of hydrogen-bond acceptors (Lipinski definition) is 6. The Morgan fingerprint density at radius 2 is 1.97 bits per heavy atom. The summed E-state index contributed by atoms with van der Waals surface area (Å²) in [4.78, 5) is 9.06. The molecule has 2 saturated heterocycles. The van der Waals surface area contributed by atoms with Gasteiger partial charge in [-0.15, -0.1) is 0 Å². The number of nitrogens with zero attached hydrogens (tertiary/aromatic N) is 5. The summed E-state index contributed by atoms with van der Waals surface area (Å²) in [5.41, 5.74) is 0.438. The minimum absolute atomic E-state index is 0.119. The van der Waals surface area contributed by atoms with E-state index < -0.39 is 10.0 Å². The molecule has 0 spiro atoms. The summed E-state index contributed by atoms with van der Waals surface area (Å²) in [6, 6.07) is 1.59. The molecule has 1 aromatic rings. The molecule has 0 unspecified atom stereocenters. The first-order valence-corrected chi connectivity index (χ1v) is 12.1. The van der Waals surface area contributed by atoms with Crippen molar-refractivity contribution in [2.45, 2.75) is 31.9 Å². The molecule has 1 aromatic heterocycles. The molecule has 3 rings (SSSR count). The SMILES string of the molecule is CN=C(NCCCN1CCC(C)CC1)N1CCN(S(=O)(=O)Cc2ccon2)CC1. The van der Waals surface area contributed by atoms with Gasteiger partial charge in [0.05, 0.1) is 5.69 Å². The summed E-state index contributed by atoms with van der Waals surface area (Å²) in [6.45, 7) is 8.90. The van der Waals surface area contributed by atoms with E-state index in [2.05, 4.69) is 32.2 Å². The van der Waals surface area contributed by atoms with E-state index in [-0.39, 0.29) is 5.75 Å². The second-order valence-corrected chi connectivity index (χ2v) is 9.95. The van der Waals surface area contributed by atoms with Crippen LogP contribution < -0.4 is 5.32 Å². The van der Waals surface area contributed by atoms with Crippen LogP contribution in [0.1, 0.15) is 31.9 Å². The first-order chi connectivity index (χ1) is 14.0. The number of piperazine rings is 1. The number of hydrogen-bond donors (Lipinski definition) is 1. The number of aromatic nitrogens is 1. The predicted octanol–water partition coefficient (Wildman–Crippen LogP) is 0.819. The molecule has 0 amide bonds. The molecule has 0 saturated carbocycles. The number of rotatable bonds is 7. The van der Waals surface area contributed by atoms with Crippen LogP contribution in [0.5, 0.6) is 0 Å². The quantitative estimate of drug-likeness (QED) is 0.392. The number of nitrogens with one attached hydrogen (secondary N) is 1. The molecule has 3 heterocycles. The Hall–Kier alpha value is -1.65. The molecule has 164 valence electrons. The lowest BCUT2D eigenvalue weighted by Gasteiger charge is -2.36. The zero-order chi connectivity index (χ0) is 20.7. The van der Waals surface area contributed by atoms with E-state index in [9.17, 15) is 8.42 Å². The predicted molar refractivity (Wildman–Crippen MR) is 113 cm³/mol. The molecule has 29 heavy (non-hydrogen) atoms. The molecule has 0 aromatic carbocycles. The van der Waals surface area contributed by atoms with Crippen LogP contribution in [0.2, 0.25) is 0 Å². The second-order valence-electron chi connectivity index (χ2n) is 7.98. The molecule has 2 fully saturated rings. The van der Waals surface area contributed by atoms with Gasteiger partial charge in [0.1, 0.15) is 12.0 Å². The Bertz CT molecular complexity index is 736. The van der Waals surface area contributed by atoms with Crippen molar-refractivity contribution in [1.29, 1.82) is 0 Å². The third-order valence-corrected chi connectivity index (χ3v) is 7.59. The van der Waals surface area contributed by atoms with E-state index in [1.54, 1.807) is 13.1 Å². The smallest absolute Gasteiger partial charge is 0.220 e. The topological polar surface area (TPSA) is 94.3 Å². The molecule has 0 atom stereocenters. The van der Waals surface area contributed by atoms with Gasteiger partial charge in [-0.3, -0.25) is 4.99 Å². The monoisotopic (exact) mass is 426 g/mol. The van der Waals surface area contributed by atoms with Gasteiger partial charge in [-0.2, -0.15) is 4.31 Å². The van der Waals surface area contributed by atoms with Crippen LogP contribution in [0.4, 0.5) is 0 Å². The average molecular weight is 427 g/mol. The molecular weight excluding hydrogens is 392 g/mol. The Kier molecular flexibility index (Phi) is 7.91. The number of guanidine groups is 1. The zero-order valence-corrected chi connectivity index (χ0v) is 18.4. The molecule has 9 nitrogen and oxygen atoms in total. The lowest BCUT2D eigenvalue weighted by molar-refractivity contribution is 0.190. The van der Waals surface area contributed by atoms with E-state index in [1.807, 2.05) is 0 Å². The molecule has 2 aliphatic rings. The van der Waals surface area contributed by atoms with E-state index >= 15 is 0 Å². The van der Waals surface area contributed by atoms with Crippen LogP contribution >= 0.6 is 0 Å². The lowest BCUT2D eigenvalue weighted by atomic mass is 9.99. The minimum Gasteiger partial charge on any atom is -0.364 e. The maximum absolute atomic E-state index is 12.6. The second kappa shape index (κ2) is 10.4. The van der Waals surface area contributed by atoms with E-state index in [0.717, 1.165) is 31.4 Å². The highest BCUT2D eigenvalue weighted by Crippen LogP contribution is 2.16. The van der Waals surface area contributed by atoms with E-state index in [0.29, 0.717) is 31.9 Å².